The molecule has 2 saturated heterocycles. The Hall–Kier alpha value is -3.30. The number of esters is 1. The Morgan fingerprint density at radius 1 is 1.03 bits per heavy atom. The van der Waals surface area contributed by atoms with Crippen molar-refractivity contribution >= 4 is 23.9 Å². The van der Waals surface area contributed by atoms with Gasteiger partial charge in [-0.1, -0.05) is 42.5 Å². The van der Waals surface area contributed by atoms with Crippen LogP contribution >= 0.6 is 0 Å². The molecule has 0 N–H and O–H groups in total. The molecule has 4 rings (SSSR count). The molecule has 0 aliphatic carbocycles. The highest BCUT2D eigenvalue weighted by Crippen LogP contribution is 2.25. The topological polar surface area (TPSA) is 88.1 Å². The van der Waals surface area contributed by atoms with Gasteiger partial charge in [-0.15, -0.1) is 0 Å². The van der Waals surface area contributed by atoms with Crippen molar-refractivity contribution in [2.75, 3.05) is 64.0 Å². The summed E-state index contributed by atoms with van der Waals surface area (Å²) in [5, 5.41) is 0. The Kier molecular flexibility index (Phi) is 8.09. The lowest BCUT2D eigenvalue weighted by molar-refractivity contribution is -0.145. The van der Waals surface area contributed by atoms with Crippen LogP contribution in [0.4, 0.5) is 5.95 Å². The van der Waals surface area contributed by atoms with Crippen LogP contribution in [0.15, 0.2) is 48.8 Å². The smallest absolute Gasteiger partial charge is 0.341 e. The first-order chi connectivity index (χ1) is 17.0. The highest BCUT2D eigenvalue weighted by atomic mass is 16.5. The molecule has 0 radical (unpaired) electrons. The quantitative estimate of drug-likeness (QED) is 0.558. The van der Waals surface area contributed by atoms with E-state index in [2.05, 4.69) is 19.8 Å². The summed E-state index contributed by atoms with van der Waals surface area (Å²) in [6.45, 7) is 9.11. The molecular formula is C26H33N5O4. The van der Waals surface area contributed by atoms with Crippen LogP contribution in [0.25, 0.3) is 6.08 Å². The summed E-state index contributed by atoms with van der Waals surface area (Å²) in [6.07, 6.45) is 7.06. The monoisotopic (exact) mass is 479 g/mol. The highest BCUT2D eigenvalue weighted by Gasteiger charge is 2.41. The Bertz CT molecular complexity index is 1020. The van der Waals surface area contributed by atoms with E-state index in [-0.39, 0.29) is 5.91 Å². The zero-order valence-electron chi connectivity index (χ0n) is 20.4. The van der Waals surface area contributed by atoms with Crippen molar-refractivity contribution in [1.82, 2.24) is 19.8 Å². The third kappa shape index (κ3) is 5.86. The van der Waals surface area contributed by atoms with Crippen molar-refractivity contribution in [2.45, 2.75) is 19.4 Å². The lowest BCUT2D eigenvalue weighted by Crippen LogP contribution is -2.63. The van der Waals surface area contributed by atoms with Crippen molar-refractivity contribution in [2.24, 2.45) is 0 Å². The number of hydrogen-bond donors (Lipinski definition) is 0. The van der Waals surface area contributed by atoms with E-state index >= 15 is 0 Å². The molecule has 0 saturated carbocycles. The van der Waals surface area contributed by atoms with E-state index in [1.165, 1.54) is 12.4 Å². The average molecular weight is 480 g/mol. The Balaban J connectivity index is 1.48. The van der Waals surface area contributed by atoms with Crippen LogP contribution in [0.3, 0.4) is 0 Å². The van der Waals surface area contributed by atoms with Gasteiger partial charge in [-0.3, -0.25) is 9.69 Å². The fourth-order valence-corrected chi connectivity index (χ4v) is 4.40. The molecule has 9 nitrogen and oxygen atoms in total. The van der Waals surface area contributed by atoms with Crippen LogP contribution in [0.5, 0.6) is 0 Å². The number of ether oxygens (including phenoxy) is 2. The van der Waals surface area contributed by atoms with Crippen molar-refractivity contribution in [3.05, 3.63) is 59.9 Å². The number of hydrogen-bond acceptors (Lipinski definition) is 8. The van der Waals surface area contributed by atoms with E-state index in [1.54, 1.807) is 6.92 Å². The van der Waals surface area contributed by atoms with Crippen LogP contribution in [-0.2, 0) is 14.3 Å². The van der Waals surface area contributed by atoms with Crippen molar-refractivity contribution in [1.29, 1.82) is 0 Å². The molecule has 186 valence electrons. The summed E-state index contributed by atoms with van der Waals surface area (Å²) in [5.41, 5.74) is 0.611. The maximum absolute atomic E-state index is 13.7. The highest BCUT2D eigenvalue weighted by molar-refractivity contribution is 5.89. The molecule has 9 heteroatoms. The molecule has 0 bridgehead atoms. The zero-order chi connectivity index (χ0) is 24.7. The summed E-state index contributed by atoms with van der Waals surface area (Å²) in [5.74, 6) is 0.238. The minimum absolute atomic E-state index is 0.0940. The molecule has 3 heterocycles. The minimum Gasteiger partial charge on any atom is -0.462 e. The lowest BCUT2D eigenvalue weighted by Gasteiger charge is -2.45. The predicted octanol–water partition coefficient (Wildman–Crippen LogP) is 2.11. The van der Waals surface area contributed by atoms with Gasteiger partial charge in [-0.25, -0.2) is 14.8 Å². The molecule has 2 aliphatic rings. The van der Waals surface area contributed by atoms with Gasteiger partial charge in [-0.2, -0.15) is 0 Å². The number of carbonyl (C=O) groups is 2. The van der Waals surface area contributed by atoms with Crippen LogP contribution in [0.2, 0.25) is 0 Å². The third-order valence-electron chi connectivity index (χ3n) is 6.50. The third-order valence-corrected chi connectivity index (χ3v) is 6.50. The van der Waals surface area contributed by atoms with Gasteiger partial charge in [0.1, 0.15) is 5.54 Å². The fraction of sp³-hybridized carbons (Fsp3) is 0.462. The van der Waals surface area contributed by atoms with Crippen molar-refractivity contribution in [3.8, 4) is 0 Å². The summed E-state index contributed by atoms with van der Waals surface area (Å²) in [7, 11) is 0. The molecular weight excluding hydrogens is 446 g/mol. The number of amides is 1. The van der Waals surface area contributed by atoms with Crippen LogP contribution in [0.1, 0.15) is 29.8 Å². The van der Waals surface area contributed by atoms with Gasteiger partial charge in [-0.05, 0) is 19.4 Å². The number of morpholine rings is 1. The second-order valence-corrected chi connectivity index (χ2v) is 8.76. The van der Waals surface area contributed by atoms with Gasteiger partial charge in [0.15, 0.2) is 0 Å². The van der Waals surface area contributed by atoms with E-state index < -0.39 is 11.5 Å². The molecule has 1 aromatic heterocycles. The number of carbonyl (C=O) groups excluding carboxylic acids is 2. The molecule has 2 aromatic rings. The maximum atomic E-state index is 13.7. The largest absolute Gasteiger partial charge is 0.462 e. The summed E-state index contributed by atoms with van der Waals surface area (Å²) < 4.78 is 10.5. The first-order valence-electron chi connectivity index (χ1n) is 12.1. The van der Waals surface area contributed by atoms with Crippen molar-refractivity contribution in [3.63, 3.8) is 0 Å². The van der Waals surface area contributed by atoms with E-state index in [9.17, 15) is 9.59 Å². The standard InChI is InChI=1S/C26H33N5O4/c1-3-35-23(32)22-19-27-25(28-20-22)30-11-13-31(14-12-30)26(2,10-9-21-7-5-4-6-8-21)24(33)29-15-17-34-18-16-29/h4-10,19-20H,3,11-18H2,1-2H3. The molecule has 2 aliphatic heterocycles. The van der Waals surface area contributed by atoms with Gasteiger partial charge < -0.3 is 19.3 Å². The molecule has 0 spiro atoms. The molecule has 1 amide bonds. The molecule has 1 atom stereocenters. The SMILES string of the molecule is CCOC(=O)c1cnc(N2CCN(C(C)(C=Cc3ccccc3)C(=O)N3CCOCC3)CC2)nc1. The average Bonchev–Trinajstić information content (AvgIpc) is 2.92. The number of nitrogens with zero attached hydrogens (tertiary/aromatic N) is 5. The Labute approximate surface area is 206 Å². The lowest BCUT2D eigenvalue weighted by atomic mass is 9.94. The number of anilines is 1. The fourth-order valence-electron chi connectivity index (χ4n) is 4.40. The number of rotatable bonds is 7. The molecule has 2 fully saturated rings. The van der Waals surface area contributed by atoms with Gasteiger partial charge in [0.25, 0.3) is 0 Å². The second kappa shape index (κ2) is 11.4. The second-order valence-electron chi connectivity index (χ2n) is 8.76. The summed E-state index contributed by atoms with van der Waals surface area (Å²) in [6, 6.07) is 10.0. The first-order valence-corrected chi connectivity index (χ1v) is 12.1. The van der Waals surface area contributed by atoms with Gasteiger partial charge in [0.2, 0.25) is 11.9 Å². The Morgan fingerprint density at radius 2 is 1.69 bits per heavy atom. The first kappa shape index (κ1) is 24.8. The molecule has 1 aromatic carbocycles. The number of benzene rings is 1. The van der Waals surface area contributed by atoms with Crippen LogP contribution < -0.4 is 4.90 Å². The zero-order valence-corrected chi connectivity index (χ0v) is 20.4. The summed E-state index contributed by atoms with van der Waals surface area (Å²) in [4.78, 5) is 40.6. The van der Waals surface area contributed by atoms with Crippen LogP contribution in [0, 0.1) is 0 Å². The van der Waals surface area contributed by atoms with E-state index in [0.29, 0.717) is 70.6 Å². The number of piperazine rings is 1. The number of aromatic nitrogens is 2. The normalized spacial score (nSPS) is 18.9. The summed E-state index contributed by atoms with van der Waals surface area (Å²) >= 11 is 0. The van der Waals surface area contributed by atoms with E-state index in [0.717, 1.165) is 5.56 Å². The van der Waals surface area contributed by atoms with E-state index in [4.69, 9.17) is 9.47 Å². The van der Waals surface area contributed by atoms with Crippen molar-refractivity contribution < 1.29 is 19.1 Å². The Morgan fingerprint density at radius 3 is 2.31 bits per heavy atom. The molecule has 1 unspecified atom stereocenters. The van der Waals surface area contributed by atoms with Gasteiger partial charge in [0, 0.05) is 51.7 Å². The predicted molar refractivity (Wildman–Crippen MR) is 133 cm³/mol. The molecule has 35 heavy (non-hydrogen) atoms. The van der Waals surface area contributed by atoms with Gasteiger partial charge >= 0.3 is 5.97 Å². The van der Waals surface area contributed by atoms with E-state index in [1.807, 2.05) is 54.3 Å². The maximum Gasteiger partial charge on any atom is 0.341 e. The van der Waals surface area contributed by atoms with Crippen LogP contribution in [-0.4, -0.2) is 96.3 Å². The van der Waals surface area contributed by atoms with Gasteiger partial charge in [0.05, 0.1) is 25.4 Å². The minimum atomic E-state index is -0.784.